The highest BCUT2D eigenvalue weighted by atomic mass is 16.7. The minimum absolute atomic E-state index is 0.106. The van der Waals surface area contributed by atoms with Gasteiger partial charge in [0.25, 0.3) is 0 Å². The van der Waals surface area contributed by atoms with Crippen LogP contribution in [0.4, 0.5) is 0 Å². The van der Waals surface area contributed by atoms with Gasteiger partial charge in [0.15, 0.2) is 6.29 Å². The van der Waals surface area contributed by atoms with Crippen molar-refractivity contribution in [2.24, 2.45) is 0 Å². The summed E-state index contributed by atoms with van der Waals surface area (Å²) in [6.45, 7) is 2.25. The molecule has 2 atom stereocenters. The average molecular weight is 282 g/mol. The predicted octanol–water partition coefficient (Wildman–Crippen LogP) is 1.38. The van der Waals surface area contributed by atoms with Gasteiger partial charge in [0, 0.05) is 6.92 Å². The molecule has 1 saturated heterocycles. The summed E-state index contributed by atoms with van der Waals surface area (Å²) in [6, 6.07) is 7.30. The van der Waals surface area contributed by atoms with E-state index in [9.17, 15) is 4.79 Å². The van der Waals surface area contributed by atoms with Crippen molar-refractivity contribution in [3.8, 4) is 11.5 Å². The fourth-order valence-corrected chi connectivity index (χ4v) is 1.73. The Morgan fingerprint density at radius 2 is 1.95 bits per heavy atom. The average Bonchev–Trinajstić information content (AvgIpc) is 2.91. The standard InChI is InChI=1S/C14H18O6/c1-10(15)17-9-14-19-8-13(20-14)7-18-12-5-3-11(16-2)4-6-12/h3-6,13-14H,7-9H2,1-2H3. The molecule has 1 aliphatic rings. The summed E-state index contributed by atoms with van der Waals surface area (Å²) in [5, 5.41) is 0. The summed E-state index contributed by atoms with van der Waals surface area (Å²) in [7, 11) is 1.61. The van der Waals surface area contributed by atoms with E-state index < -0.39 is 6.29 Å². The first-order valence-electron chi connectivity index (χ1n) is 6.34. The molecule has 1 aromatic carbocycles. The van der Waals surface area contributed by atoms with Crippen LogP contribution >= 0.6 is 0 Å². The Bertz CT molecular complexity index is 430. The van der Waals surface area contributed by atoms with Crippen LogP contribution in [0.1, 0.15) is 6.92 Å². The van der Waals surface area contributed by atoms with E-state index in [-0.39, 0.29) is 18.7 Å². The largest absolute Gasteiger partial charge is 0.497 e. The van der Waals surface area contributed by atoms with Crippen molar-refractivity contribution >= 4 is 5.97 Å². The van der Waals surface area contributed by atoms with E-state index in [0.717, 1.165) is 11.5 Å². The van der Waals surface area contributed by atoms with Gasteiger partial charge in [-0.2, -0.15) is 0 Å². The van der Waals surface area contributed by atoms with Gasteiger partial charge in [-0.05, 0) is 24.3 Å². The zero-order valence-electron chi connectivity index (χ0n) is 11.5. The summed E-state index contributed by atoms with van der Waals surface area (Å²) in [5.41, 5.74) is 0. The van der Waals surface area contributed by atoms with Crippen LogP contribution in [-0.2, 0) is 19.0 Å². The molecule has 6 heteroatoms. The van der Waals surface area contributed by atoms with Crippen LogP contribution in [0, 0.1) is 0 Å². The molecule has 1 aromatic rings. The SMILES string of the molecule is COc1ccc(OCC2COC(COC(C)=O)O2)cc1. The topological polar surface area (TPSA) is 63.2 Å². The Labute approximate surface area is 117 Å². The van der Waals surface area contributed by atoms with E-state index >= 15 is 0 Å². The first-order chi connectivity index (χ1) is 9.67. The lowest BCUT2D eigenvalue weighted by Crippen LogP contribution is -2.23. The summed E-state index contributed by atoms with van der Waals surface area (Å²) in [6.07, 6.45) is -0.680. The Morgan fingerprint density at radius 1 is 1.25 bits per heavy atom. The molecule has 1 heterocycles. The number of carbonyl (C=O) groups is 1. The molecule has 0 aliphatic carbocycles. The number of hydrogen-bond acceptors (Lipinski definition) is 6. The Balaban J connectivity index is 1.70. The number of methoxy groups -OCH3 is 1. The van der Waals surface area contributed by atoms with E-state index in [2.05, 4.69) is 0 Å². The third-order valence-electron chi connectivity index (χ3n) is 2.73. The van der Waals surface area contributed by atoms with Crippen molar-refractivity contribution in [1.82, 2.24) is 0 Å². The maximum absolute atomic E-state index is 10.7. The second-order valence-electron chi connectivity index (χ2n) is 4.31. The van der Waals surface area contributed by atoms with Gasteiger partial charge in [0.1, 0.15) is 30.8 Å². The number of esters is 1. The molecular formula is C14H18O6. The lowest BCUT2D eigenvalue weighted by Gasteiger charge is -2.12. The number of hydrogen-bond donors (Lipinski definition) is 0. The van der Waals surface area contributed by atoms with Gasteiger partial charge in [-0.25, -0.2) is 0 Å². The summed E-state index contributed by atoms with van der Waals surface area (Å²) >= 11 is 0. The molecule has 1 aliphatic heterocycles. The maximum Gasteiger partial charge on any atom is 0.302 e. The van der Waals surface area contributed by atoms with Crippen LogP contribution in [0.3, 0.4) is 0 Å². The molecular weight excluding hydrogens is 264 g/mol. The van der Waals surface area contributed by atoms with Crippen LogP contribution in [0.15, 0.2) is 24.3 Å². The molecule has 0 spiro atoms. The number of benzene rings is 1. The van der Waals surface area contributed by atoms with Crippen molar-refractivity contribution in [1.29, 1.82) is 0 Å². The quantitative estimate of drug-likeness (QED) is 0.734. The number of rotatable bonds is 6. The van der Waals surface area contributed by atoms with Gasteiger partial charge >= 0.3 is 5.97 Å². The minimum atomic E-state index is -0.511. The van der Waals surface area contributed by atoms with Crippen molar-refractivity contribution in [3.05, 3.63) is 24.3 Å². The lowest BCUT2D eigenvalue weighted by atomic mass is 10.3. The lowest BCUT2D eigenvalue weighted by molar-refractivity contribution is -0.155. The van der Waals surface area contributed by atoms with Crippen molar-refractivity contribution in [3.63, 3.8) is 0 Å². The van der Waals surface area contributed by atoms with Crippen LogP contribution in [0.25, 0.3) is 0 Å². The van der Waals surface area contributed by atoms with Crippen LogP contribution in [0.2, 0.25) is 0 Å². The molecule has 0 radical (unpaired) electrons. The highest BCUT2D eigenvalue weighted by molar-refractivity contribution is 5.65. The summed E-state index contributed by atoms with van der Waals surface area (Å²) in [5.74, 6) is 1.16. The normalized spacial score (nSPS) is 21.5. The molecule has 0 saturated carbocycles. The molecule has 2 rings (SSSR count). The second-order valence-corrected chi connectivity index (χ2v) is 4.31. The molecule has 0 aromatic heterocycles. The third-order valence-corrected chi connectivity index (χ3v) is 2.73. The Kier molecular flexibility index (Phi) is 5.20. The van der Waals surface area contributed by atoms with Crippen molar-refractivity contribution in [2.45, 2.75) is 19.3 Å². The minimum Gasteiger partial charge on any atom is -0.497 e. The molecule has 110 valence electrons. The predicted molar refractivity (Wildman–Crippen MR) is 69.7 cm³/mol. The molecule has 0 amide bonds. The fourth-order valence-electron chi connectivity index (χ4n) is 1.73. The molecule has 1 fully saturated rings. The van der Waals surface area contributed by atoms with Crippen molar-refractivity contribution in [2.75, 3.05) is 26.9 Å². The van der Waals surface area contributed by atoms with Gasteiger partial charge < -0.3 is 23.7 Å². The highest BCUT2D eigenvalue weighted by Crippen LogP contribution is 2.19. The maximum atomic E-state index is 10.7. The zero-order valence-corrected chi connectivity index (χ0v) is 11.5. The fraction of sp³-hybridized carbons (Fsp3) is 0.500. The molecule has 6 nitrogen and oxygen atoms in total. The third kappa shape index (κ3) is 4.40. The van der Waals surface area contributed by atoms with E-state index in [1.54, 1.807) is 7.11 Å². The monoisotopic (exact) mass is 282 g/mol. The second kappa shape index (κ2) is 7.12. The van der Waals surface area contributed by atoms with E-state index in [4.69, 9.17) is 23.7 Å². The molecule has 0 N–H and O–H groups in total. The van der Waals surface area contributed by atoms with Gasteiger partial charge in [-0.15, -0.1) is 0 Å². The van der Waals surface area contributed by atoms with Crippen LogP contribution in [0.5, 0.6) is 11.5 Å². The number of ether oxygens (including phenoxy) is 5. The Morgan fingerprint density at radius 3 is 2.60 bits per heavy atom. The van der Waals surface area contributed by atoms with Gasteiger partial charge in [0.2, 0.25) is 0 Å². The van der Waals surface area contributed by atoms with Gasteiger partial charge in [-0.1, -0.05) is 0 Å². The summed E-state index contributed by atoms with van der Waals surface area (Å²) < 4.78 is 26.4. The van der Waals surface area contributed by atoms with E-state index in [1.807, 2.05) is 24.3 Å². The highest BCUT2D eigenvalue weighted by Gasteiger charge is 2.27. The molecule has 0 bridgehead atoms. The number of carbonyl (C=O) groups excluding carboxylic acids is 1. The molecule has 2 unspecified atom stereocenters. The summed E-state index contributed by atoms with van der Waals surface area (Å²) in [4.78, 5) is 10.7. The van der Waals surface area contributed by atoms with E-state index in [1.165, 1.54) is 6.92 Å². The Hall–Kier alpha value is -1.79. The first kappa shape index (κ1) is 14.6. The van der Waals surface area contributed by atoms with Crippen LogP contribution < -0.4 is 9.47 Å². The van der Waals surface area contributed by atoms with Crippen molar-refractivity contribution < 1.29 is 28.5 Å². The van der Waals surface area contributed by atoms with E-state index in [0.29, 0.717) is 13.2 Å². The zero-order chi connectivity index (χ0) is 14.4. The van der Waals surface area contributed by atoms with Gasteiger partial charge in [0.05, 0.1) is 13.7 Å². The molecule has 20 heavy (non-hydrogen) atoms. The smallest absolute Gasteiger partial charge is 0.302 e. The first-order valence-corrected chi connectivity index (χ1v) is 6.34. The van der Waals surface area contributed by atoms with Gasteiger partial charge in [-0.3, -0.25) is 4.79 Å². The van der Waals surface area contributed by atoms with Crippen LogP contribution in [-0.4, -0.2) is 45.3 Å².